The Morgan fingerprint density at radius 3 is 1.22 bits per heavy atom. The number of nitrogens with zero attached hydrogens (tertiary/aromatic N) is 1. The molecule has 0 aliphatic carbocycles. The first-order valence-corrected chi connectivity index (χ1v) is 5.80. The Kier molecular flexibility index (Phi) is 10.1. The monoisotopic (exact) mass is 243 g/mol. The van der Waals surface area contributed by atoms with E-state index in [0.29, 0.717) is 0 Å². The molecule has 0 fully saturated rings. The lowest BCUT2D eigenvalue weighted by Gasteiger charge is -1.93. The Labute approximate surface area is 110 Å². The molecule has 0 radical (unpaired) electrons. The molecule has 0 spiro atoms. The van der Waals surface area contributed by atoms with Gasteiger partial charge in [0.2, 0.25) is 6.41 Å². The van der Waals surface area contributed by atoms with Crippen LogP contribution in [0.4, 0.5) is 0 Å². The van der Waals surface area contributed by atoms with Gasteiger partial charge in [0.25, 0.3) is 0 Å². The fourth-order valence-corrected chi connectivity index (χ4v) is 0.919. The molecule has 2 heteroatoms. The van der Waals surface area contributed by atoms with Gasteiger partial charge >= 0.3 is 0 Å². The first kappa shape index (κ1) is 15.9. The van der Waals surface area contributed by atoms with Gasteiger partial charge in [0.05, 0.1) is 0 Å². The van der Waals surface area contributed by atoms with Crippen LogP contribution in [0.25, 0.3) is 0 Å². The second-order valence-electron chi connectivity index (χ2n) is 3.88. The lowest BCUT2D eigenvalue weighted by atomic mass is 10.2. The summed E-state index contributed by atoms with van der Waals surface area (Å²) in [4.78, 5) is 10.9. The molecule has 0 heterocycles. The Balaban J connectivity index is 0.000000245. The molecule has 1 amide bonds. The molecule has 0 N–H and O–H groups in total. The van der Waals surface area contributed by atoms with Crippen molar-refractivity contribution in [1.82, 2.24) is 4.90 Å². The van der Waals surface area contributed by atoms with Crippen molar-refractivity contribution in [2.24, 2.45) is 0 Å². The molecule has 0 saturated heterocycles. The molecule has 0 atom stereocenters. The molecule has 0 bridgehead atoms. The maximum atomic E-state index is 9.43. The SMILES string of the molecule is CN(C)C=O.Cc1ccccc1.c1ccccc1. The minimum atomic E-state index is 0.750. The predicted molar refractivity (Wildman–Crippen MR) is 77.4 cm³/mol. The molecule has 0 aliphatic rings. The number of hydrogen-bond acceptors (Lipinski definition) is 1. The van der Waals surface area contributed by atoms with Gasteiger partial charge in [0.15, 0.2) is 0 Å². The quantitative estimate of drug-likeness (QED) is 0.703. The highest BCUT2D eigenvalue weighted by Gasteiger charge is 1.72. The summed E-state index contributed by atoms with van der Waals surface area (Å²) in [5.74, 6) is 0. The molecule has 2 rings (SSSR count). The van der Waals surface area contributed by atoms with E-state index in [1.54, 1.807) is 14.1 Å². The number of amides is 1. The highest BCUT2D eigenvalue weighted by Crippen LogP contribution is 1.92. The lowest BCUT2D eigenvalue weighted by molar-refractivity contribution is -0.115. The summed E-state index contributed by atoms with van der Waals surface area (Å²) in [6.07, 6.45) is 0.750. The Hall–Kier alpha value is -2.09. The van der Waals surface area contributed by atoms with Crippen LogP contribution in [0, 0.1) is 6.92 Å². The van der Waals surface area contributed by atoms with E-state index in [2.05, 4.69) is 19.1 Å². The van der Waals surface area contributed by atoms with Crippen LogP contribution < -0.4 is 0 Å². The second-order valence-corrected chi connectivity index (χ2v) is 3.88. The van der Waals surface area contributed by atoms with E-state index in [1.807, 2.05) is 54.6 Å². The van der Waals surface area contributed by atoms with Gasteiger partial charge in [-0.1, -0.05) is 72.3 Å². The van der Waals surface area contributed by atoms with E-state index in [1.165, 1.54) is 10.5 Å². The summed E-state index contributed by atoms with van der Waals surface area (Å²) in [7, 11) is 3.38. The second kappa shape index (κ2) is 11.4. The summed E-state index contributed by atoms with van der Waals surface area (Å²) < 4.78 is 0. The van der Waals surface area contributed by atoms with E-state index in [0.717, 1.165) is 6.41 Å². The molecule has 0 saturated carbocycles. The van der Waals surface area contributed by atoms with Gasteiger partial charge in [0, 0.05) is 14.1 Å². The van der Waals surface area contributed by atoms with E-state index < -0.39 is 0 Å². The number of benzene rings is 2. The summed E-state index contributed by atoms with van der Waals surface area (Å²) in [5.41, 5.74) is 1.32. The van der Waals surface area contributed by atoms with Crippen molar-refractivity contribution in [3.05, 3.63) is 72.3 Å². The van der Waals surface area contributed by atoms with Gasteiger partial charge in [-0.25, -0.2) is 0 Å². The topological polar surface area (TPSA) is 20.3 Å². The van der Waals surface area contributed by atoms with Crippen molar-refractivity contribution in [2.45, 2.75) is 6.92 Å². The zero-order valence-corrected chi connectivity index (χ0v) is 11.3. The van der Waals surface area contributed by atoms with Gasteiger partial charge < -0.3 is 4.90 Å². The zero-order chi connectivity index (χ0) is 13.6. The molecule has 18 heavy (non-hydrogen) atoms. The number of rotatable bonds is 1. The molecular formula is C16H21NO. The lowest BCUT2D eigenvalue weighted by Crippen LogP contribution is -2.06. The van der Waals surface area contributed by atoms with Gasteiger partial charge in [-0.2, -0.15) is 0 Å². The van der Waals surface area contributed by atoms with Crippen LogP contribution in [0.3, 0.4) is 0 Å². The third kappa shape index (κ3) is 12.0. The van der Waals surface area contributed by atoms with Crippen molar-refractivity contribution in [2.75, 3.05) is 14.1 Å². The molecule has 2 aromatic rings. The minimum Gasteiger partial charge on any atom is -0.351 e. The number of aryl methyl sites for hydroxylation is 1. The van der Waals surface area contributed by atoms with Crippen molar-refractivity contribution < 1.29 is 4.79 Å². The van der Waals surface area contributed by atoms with Gasteiger partial charge in [-0.15, -0.1) is 0 Å². The average molecular weight is 243 g/mol. The number of carbonyl (C=O) groups is 1. The first-order chi connectivity index (χ1) is 8.66. The largest absolute Gasteiger partial charge is 0.351 e. The fraction of sp³-hybridized carbons (Fsp3) is 0.188. The normalized spacial score (nSPS) is 7.94. The van der Waals surface area contributed by atoms with Crippen LogP contribution >= 0.6 is 0 Å². The van der Waals surface area contributed by atoms with Crippen LogP contribution in [0.2, 0.25) is 0 Å². The first-order valence-electron chi connectivity index (χ1n) is 5.80. The zero-order valence-electron chi connectivity index (χ0n) is 11.3. The minimum absolute atomic E-state index is 0.750. The third-order valence-electron chi connectivity index (χ3n) is 1.82. The fourth-order valence-electron chi connectivity index (χ4n) is 0.919. The van der Waals surface area contributed by atoms with Crippen molar-refractivity contribution >= 4 is 6.41 Å². The highest BCUT2D eigenvalue weighted by atomic mass is 16.1. The van der Waals surface area contributed by atoms with Crippen LogP contribution in [-0.4, -0.2) is 25.4 Å². The molecule has 2 aromatic carbocycles. The third-order valence-corrected chi connectivity index (χ3v) is 1.82. The standard InChI is InChI=1S/C7H8.C6H6.C3H7NO/c1-7-5-3-2-4-6-7;1-2-4-6-5-3-1;1-4(2)3-5/h2-6H,1H3;1-6H;3H,1-2H3. The van der Waals surface area contributed by atoms with E-state index in [9.17, 15) is 4.79 Å². The van der Waals surface area contributed by atoms with Gasteiger partial charge in [-0.05, 0) is 6.92 Å². The summed E-state index contributed by atoms with van der Waals surface area (Å²) in [5, 5.41) is 0. The van der Waals surface area contributed by atoms with Crippen molar-refractivity contribution in [1.29, 1.82) is 0 Å². The molecule has 0 aromatic heterocycles. The molecule has 2 nitrogen and oxygen atoms in total. The van der Waals surface area contributed by atoms with Crippen molar-refractivity contribution in [3.8, 4) is 0 Å². The molecule has 96 valence electrons. The average Bonchev–Trinajstić information content (AvgIpc) is 2.43. The maximum Gasteiger partial charge on any atom is 0.209 e. The molecular weight excluding hydrogens is 222 g/mol. The van der Waals surface area contributed by atoms with Gasteiger partial charge in [0.1, 0.15) is 0 Å². The van der Waals surface area contributed by atoms with E-state index >= 15 is 0 Å². The van der Waals surface area contributed by atoms with Crippen LogP contribution in [-0.2, 0) is 4.79 Å². The van der Waals surface area contributed by atoms with E-state index in [4.69, 9.17) is 0 Å². The van der Waals surface area contributed by atoms with Crippen LogP contribution in [0.15, 0.2) is 66.7 Å². The predicted octanol–water partition coefficient (Wildman–Crippen LogP) is 3.39. The summed E-state index contributed by atoms with van der Waals surface area (Å²) >= 11 is 0. The Morgan fingerprint density at radius 1 is 0.778 bits per heavy atom. The summed E-state index contributed by atoms with van der Waals surface area (Å²) in [6, 6.07) is 22.3. The number of carbonyl (C=O) groups excluding carboxylic acids is 1. The maximum absolute atomic E-state index is 9.43. The van der Waals surface area contributed by atoms with Gasteiger partial charge in [-0.3, -0.25) is 4.79 Å². The number of hydrogen-bond donors (Lipinski definition) is 0. The molecule has 0 aliphatic heterocycles. The highest BCUT2D eigenvalue weighted by molar-refractivity contribution is 5.45. The summed E-state index contributed by atoms with van der Waals surface area (Å²) in [6.45, 7) is 2.08. The van der Waals surface area contributed by atoms with Crippen molar-refractivity contribution in [3.63, 3.8) is 0 Å². The van der Waals surface area contributed by atoms with E-state index in [-0.39, 0.29) is 0 Å². The Morgan fingerprint density at radius 2 is 1.06 bits per heavy atom. The smallest absolute Gasteiger partial charge is 0.209 e. The molecule has 0 unspecified atom stereocenters. The van der Waals surface area contributed by atoms with Crippen LogP contribution in [0.5, 0.6) is 0 Å². The van der Waals surface area contributed by atoms with Crippen LogP contribution in [0.1, 0.15) is 5.56 Å². The Bertz CT molecular complexity index is 358.